The van der Waals surface area contributed by atoms with Crippen molar-refractivity contribution in [1.82, 2.24) is 25.1 Å². The van der Waals surface area contributed by atoms with E-state index < -0.39 is 0 Å². The molecule has 1 amide bonds. The minimum absolute atomic E-state index is 0.0405. The van der Waals surface area contributed by atoms with Crippen molar-refractivity contribution in [2.24, 2.45) is 0 Å². The van der Waals surface area contributed by atoms with Gasteiger partial charge in [-0.1, -0.05) is 65.9 Å². The summed E-state index contributed by atoms with van der Waals surface area (Å²) in [6.07, 6.45) is 3.99. The SMILES string of the molecule is C=CCn1c(SCC(=O)NC[C@@H]2CCCO2)nnc1-c1cc(-c2ccc(C)cc2)nc2ccccc12. The molecule has 2 aromatic heterocycles. The number of benzene rings is 2. The molecule has 0 aliphatic carbocycles. The summed E-state index contributed by atoms with van der Waals surface area (Å²) in [4.78, 5) is 17.4. The molecular formula is C28H29N5O2S. The van der Waals surface area contributed by atoms with Crippen LogP contribution >= 0.6 is 11.8 Å². The fourth-order valence-electron chi connectivity index (χ4n) is 4.34. The lowest BCUT2D eigenvalue weighted by atomic mass is 10.0. The fraction of sp³-hybridized carbons (Fsp3) is 0.286. The molecule has 36 heavy (non-hydrogen) atoms. The number of hydrogen-bond donors (Lipinski definition) is 1. The van der Waals surface area contributed by atoms with Crippen LogP contribution in [0.2, 0.25) is 0 Å². The Morgan fingerprint density at radius 2 is 2.06 bits per heavy atom. The van der Waals surface area contributed by atoms with Gasteiger partial charge in [0.2, 0.25) is 5.91 Å². The number of thioether (sulfide) groups is 1. The lowest BCUT2D eigenvalue weighted by Gasteiger charge is -2.12. The highest BCUT2D eigenvalue weighted by atomic mass is 32.2. The van der Waals surface area contributed by atoms with Gasteiger partial charge in [0.15, 0.2) is 11.0 Å². The molecule has 1 atom stereocenters. The summed E-state index contributed by atoms with van der Waals surface area (Å²) in [6.45, 7) is 7.85. The van der Waals surface area contributed by atoms with Crippen LogP contribution in [0.5, 0.6) is 0 Å². The van der Waals surface area contributed by atoms with Crippen LogP contribution in [0, 0.1) is 6.92 Å². The molecule has 0 saturated carbocycles. The molecule has 0 spiro atoms. The molecular weight excluding hydrogens is 470 g/mol. The number of hydrogen-bond acceptors (Lipinski definition) is 6. The van der Waals surface area contributed by atoms with Crippen LogP contribution in [0.25, 0.3) is 33.5 Å². The molecule has 1 aliphatic heterocycles. The predicted octanol–water partition coefficient (Wildman–Crippen LogP) is 5.04. The van der Waals surface area contributed by atoms with E-state index in [2.05, 4.69) is 65.4 Å². The lowest BCUT2D eigenvalue weighted by Crippen LogP contribution is -2.32. The third kappa shape index (κ3) is 5.34. The summed E-state index contributed by atoms with van der Waals surface area (Å²) in [5.74, 6) is 0.943. The second kappa shape index (κ2) is 11.1. The van der Waals surface area contributed by atoms with Gasteiger partial charge in [0.25, 0.3) is 0 Å². The number of nitrogens with zero attached hydrogens (tertiary/aromatic N) is 4. The number of aryl methyl sites for hydroxylation is 1. The molecule has 0 radical (unpaired) electrons. The largest absolute Gasteiger partial charge is 0.376 e. The van der Waals surface area contributed by atoms with E-state index in [1.165, 1.54) is 17.3 Å². The number of carbonyl (C=O) groups excluding carboxylic acids is 1. The van der Waals surface area contributed by atoms with Gasteiger partial charge in [0, 0.05) is 36.2 Å². The van der Waals surface area contributed by atoms with E-state index in [1.54, 1.807) is 0 Å². The average molecular weight is 500 g/mol. The van der Waals surface area contributed by atoms with E-state index in [-0.39, 0.29) is 17.8 Å². The molecule has 1 fully saturated rings. The van der Waals surface area contributed by atoms with Crippen LogP contribution in [0.4, 0.5) is 0 Å². The highest BCUT2D eigenvalue weighted by Gasteiger charge is 2.20. The number of pyridine rings is 1. The first-order chi connectivity index (χ1) is 17.6. The lowest BCUT2D eigenvalue weighted by molar-refractivity contribution is -0.119. The van der Waals surface area contributed by atoms with E-state index >= 15 is 0 Å². The number of para-hydroxylation sites is 1. The van der Waals surface area contributed by atoms with E-state index in [9.17, 15) is 4.79 Å². The van der Waals surface area contributed by atoms with Crippen LogP contribution in [-0.2, 0) is 16.1 Å². The Hall–Kier alpha value is -3.49. The van der Waals surface area contributed by atoms with Gasteiger partial charge in [-0.15, -0.1) is 16.8 Å². The first kappa shape index (κ1) is 24.2. The van der Waals surface area contributed by atoms with Crippen LogP contribution in [-0.4, -0.2) is 50.7 Å². The number of amides is 1. The number of fused-ring (bicyclic) bond motifs is 1. The van der Waals surface area contributed by atoms with Crippen LogP contribution < -0.4 is 5.32 Å². The van der Waals surface area contributed by atoms with E-state index in [1.807, 2.05) is 28.8 Å². The Labute approximate surface area is 215 Å². The van der Waals surface area contributed by atoms with Gasteiger partial charge < -0.3 is 10.1 Å². The third-order valence-corrected chi connectivity index (χ3v) is 7.18. The molecule has 184 valence electrons. The zero-order valence-electron chi connectivity index (χ0n) is 20.3. The summed E-state index contributed by atoms with van der Waals surface area (Å²) in [6, 6.07) is 18.5. The van der Waals surface area contributed by atoms with Crippen molar-refractivity contribution in [3.63, 3.8) is 0 Å². The number of aromatic nitrogens is 4. The van der Waals surface area contributed by atoms with Crippen molar-refractivity contribution >= 4 is 28.6 Å². The molecule has 4 aromatic rings. The average Bonchev–Trinajstić information content (AvgIpc) is 3.56. The minimum atomic E-state index is -0.0405. The van der Waals surface area contributed by atoms with Crippen LogP contribution in [0.15, 0.2) is 72.4 Å². The molecule has 8 heteroatoms. The molecule has 1 saturated heterocycles. The first-order valence-corrected chi connectivity index (χ1v) is 13.1. The Morgan fingerprint density at radius 1 is 1.22 bits per heavy atom. The van der Waals surface area contributed by atoms with Crippen LogP contribution in [0.3, 0.4) is 0 Å². The Bertz CT molecular complexity index is 1380. The number of ether oxygens (including phenoxy) is 1. The maximum Gasteiger partial charge on any atom is 0.230 e. The molecule has 1 N–H and O–H groups in total. The third-order valence-electron chi connectivity index (χ3n) is 6.22. The molecule has 7 nitrogen and oxygen atoms in total. The summed E-state index contributed by atoms with van der Waals surface area (Å²) < 4.78 is 7.59. The van der Waals surface area contributed by atoms with Gasteiger partial charge in [0.1, 0.15) is 0 Å². The summed E-state index contributed by atoms with van der Waals surface area (Å²) >= 11 is 1.37. The van der Waals surface area contributed by atoms with E-state index in [0.29, 0.717) is 18.2 Å². The van der Waals surface area contributed by atoms with Gasteiger partial charge in [-0.25, -0.2) is 4.98 Å². The molecule has 3 heterocycles. The maximum absolute atomic E-state index is 12.4. The minimum Gasteiger partial charge on any atom is -0.376 e. The zero-order chi connectivity index (χ0) is 24.9. The topological polar surface area (TPSA) is 81.9 Å². The maximum atomic E-state index is 12.4. The Balaban J connectivity index is 1.45. The predicted molar refractivity (Wildman–Crippen MR) is 144 cm³/mol. The van der Waals surface area contributed by atoms with Gasteiger partial charge in [-0.05, 0) is 31.9 Å². The van der Waals surface area contributed by atoms with Gasteiger partial charge in [0.05, 0.1) is 23.1 Å². The zero-order valence-corrected chi connectivity index (χ0v) is 21.1. The second-order valence-corrected chi connectivity index (χ2v) is 9.81. The van der Waals surface area contributed by atoms with E-state index in [4.69, 9.17) is 9.72 Å². The summed E-state index contributed by atoms with van der Waals surface area (Å²) in [5.41, 5.74) is 4.95. The normalized spacial score (nSPS) is 15.3. The quantitative estimate of drug-likeness (QED) is 0.257. The number of allylic oxidation sites excluding steroid dienone is 1. The molecule has 2 aromatic carbocycles. The molecule has 1 aliphatic rings. The van der Waals surface area contributed by atoms with Crippen molar-refractivity contribution in [2.75, 3.05) is 18.9 Å². The Morgan fingerprint density at radius 3 is 2.83 bits per heavy atom. The second-order valence-electron chi connectivity index (χ2n) is 8.87. The summed E-state index contributed by atoms with van der Waals surface area (Å²) in [7, 11) is 0. The Kier molecular flexibility index (Phi) is 7.44. The fourth-order valence-corrected chi connectivity index (χ4v) is 5.11. The van der Waals surface area contributed by atoms with Gasteiger partial charge in [-0.2, -0.15) is 0 Å². The number of nitrogens with one attached hydrogen (secondary N) is 1. The van der Waals surface area contributed by atoms with Gasteiger partial charge in [-0.3, -0.25) is 9.36 Å². The molecule has 0 bridgehead atoms. The first-order valence-electron chi connectivity index (χ1n) is 12.1. The van der Waals surface area contributed by atoms with Crippen molar-refractivity contribution in [3.05, 3.63) is 72.8 Å². The summed E-state index contributed by atoms with van der Waals surface area (Å²) in [5, 5.41) is 13.6. The van der Waals surface area contributed by atoms with Gasteiger partial charge >= 0.3 is 0 Å². The highest BCUT2D eigenvalue weighted by Crippen LogP contribution is 2.33. The monoisotopic (exact) mass is 499 g/mol. The molecule has 5 rings (SSSR count). The number of rotatable bonds is 9. The van der Waals surface area contributed by atoms with Crippen LogP contribution in [0.1, 0.15) is 18.4 Å². The standard InChI is InChI=1S/C28H29N5O2S/c1-3-14-33-27(31-32-28(33)36-18-26(34)29-17-21-7-6-15-35-21)23-16-25(20-12-10-19(2)11-13-20)30-24-9-5-4-8-22(23)24/h3-5,8-13,16,21H,1,6-7,14-15,17-18H2,2H3,(H,29,34)/t21-/m0/s1. The van der Waals surface area contributed by atoms with Crippen molar-refractivity contribution in [1.29, 1.82) is 0 Å². The molecule has 0 unspecified atom stereocenters. The van der Waals surface area contributed by atoms with E-state index in [0.717, 1.165) is 53.0 Å². The van der Waals surface area contributed by atoms with Crippen molar-refractivity contribution in [2.45, 2.75) is 37.6 Å². The highest BCUT2D eigenvalue weighted by molar-refractivity contribution is 7.99. The smallest absolute Gasteiger partial charge is 0.230 e. The van der Waals surface area contributed by atoms with Crippen molar-refractivity contribution < 1.29 is 9.53 Å². The van der Waals surface area contributed by atoms with Crippen molar-refractivity contribution in [3.8, 4) is 22.6 Å². The number of carbonyl (C=O) groups is 1.